The van der Waals surface area contributed by atoms with Gasteiger partial charge in [-0.1, -0.05) is 16.3 Å². The fourth-order valence-corrected chi connectivity index (χ4v) is 1.00. The van der Waals surface area contributed by atoms with Gasteiger partial charge in [0.25, 0.3) is 0 Å². The van der Waals surface area contributed by atoms with Crippen LogP contribution in [0.25, 0.3) is 0 Å². The van der Waals surface area contributed by atoms with Crippen molar-refractivity contribution in [3.05, 3.63) is 29.8 Å². The summed E-state index contributed by atoms with van der Waals surface area (Å²) in [5, 5.41) is 9.19. The van der Waals surface area contributed by atoms with Gasteiger partial charge in [-0.05, 0) is 12.1 Å². The van der Waals surface area contributed by atoms with Gasteiger partial charge in [0.2, 0.25) is 0 Å². The zero-order chi connectivity index (χ0) is 10.8. The first kappa shape index (κ1) is 9.38. The molecule has 1 heterocycles. The summed E-state index contributed by atoms with van der Waals surface area (Å²) in [4.78, 5) is 0. The van der Waals surface area contributed by atoms with Crippen LogP contribution < -0.4 is 11.1 Å². The van der Waals surface area contributed by atoms with E-state index in [0.717, 1.165) is 6.07 Å². The van der Waals surface area contributed by atoms with Gasteiger partial charge in [0.15, 0.2) is 11.6 Å². The molecule has 0 spiro atoms. The first-order chi connectivity index (χ1) is 7.16. The van der Waals surface area contributed by atoms with E-state index in [1.54, 1.807) is 0 Å². The largest absolute Gasteiger partial charge is 0.389 e. The monoisotopic (exact) mass is 212 g/mol. The van der Waals surface area contributed by atoms with Crippen LogP contribution in [0.1, 0.15) is 0 Å². The molecule has 2 aromatic rings. The number of nitrogens with two attached hydrogens (primary N) is 1. The topological polar surface area (TPSA) is 77.0 Å². The van der Waals surface area contributed by atoms with E-state index < -0.39 is 11.6 Å². The van der Waals surface area contributed by atoms with E-state index in [0.29, 0.717) is 0 Å². The van der Waals surface area contributed by atoms with Crippen molar-refractivity contribution in [1.82, 2.24) is 10.2 Å². The van der Waals surface area contributed by atoms with Crippen LogP contribution >= 0.6 is 0 Å². The molecule has 2 rings (SSSR count). The van der Waals surface area contributed by atoms with Crippen LogP contribution in [0.15, 0.2) is 22.6 Å². The molecule has 1 aromatic heterocycles. The molecule has 5 nitrogen and oxygen atoms in total. The SMILES string of the molecule is Nc1nnc(Nc2cccc(F)c2F)o1. The molecule has 78 valence electrons. The van der Waals surface area contributed by atoms with Gasteiger partial charge in [0, 0.05) is 0 Å². The molecule has 0 bridgehead atoms. The molecule has 0 fully saturated rings. The van der Waals surface area contributed by atoms with Gasteiger partial charge < -0.3 is 15.5 Å². The van der Waals surface area contributed by atoms with Gasteiger partial charge in [-0.2, -0.15) is 0 Å². The Morgan fingerprint density at radius 1 is 1.27 bits per heavy atom. The van der Waals surface area contributed by atoms with Crippen LogP contribution in [0.4, 0.5) is 26.5 Å². The maximum atomic E-state index is 13.1. The fraction of sp³-hybridized carbons (Fsp3) is 0. The lowest BCUT2D eigenvalue weighted by atomic mass is 10.3. The number of nitrogen functional groups attached to an aromatic ring is 1. The highest BCUT2D eigenvalue weighted by molar-refractivity contribution is 5.53. The van der Waals surface area contributed by atoms with Gasteiger partial charge in [-0.25, -0.2) is 8.78 Å². The Hall–Kier alpha value is -2.18. The summed E-state index contributed by atoms with van der Waals surface area (Å²) in [6.45, 7) is 0. The highest BCUT2D eigenvalue weighted by atomic mass is 19.2. The third-order valence-corrected chi connectivity index (χ3v) is 1.63. The average Bonchev–Trinajstić information content (AvgIpc) is 2.59. The van der Waals surface area contributed by atoms with Crippen molar-refractivity contribution in [1.29, 1.82) is 0 Å². The second-order valence-corrected chi connectivity index (χ2v) is 2.67. The molecule has 3 N–H and O–H groups in total. The van der Waals surface area contributed by atoms with E-state index in [-0.39, 0.29) is 17.7 Å². The fourth-order valence-electron chi connectivity index (χ4n) is 1.00. The predicted molar refractivity (Wildman–Crippen MR) is 48.4 cm³/mol. The molecule has 0 atom stereocenters. The number of benzene rings is 1. The molecule has 0 aliphatic carbocycles. The first-order valence-corrected chi connectivity index (χ1v) is 3.97. The van der Waals surface area contributed by atoms with Gasteiger partial charge in [-0.3, -0.25) is 0 Å². The Kier molecular flexibility index (Phi) is 2.20. The number of nitrogens with zero attached hydrogens (tertiary/aromatic N) is 2. The van der Waals surface area contributed by atoms with E-state index in [4.69, 9.17) is 10.2 Å². The highest BCUT2D eigenvalue weighted by Gasteiger charge is 2.10. The quantitative estimate of drug-likeness (QED) is 0.791. The minimum Gasteiger partial charge on any atom is -0.389 e. The standard InChI is InChI=1S/C8H6F2N4O/c9-4-2-1-3-5(6(4)10)12-8-14-13-7(11)15-8/h1-3H,(H2,11,13)(H,12,14). The molecule has 0 saturated carbocycles. The molecule has 15 heavy (non-hydrogen) atoms. The average molecular weight is 212 g/mol. The van der Waals surface area contributed by atoms with E-state index in [1.807, 2.05) is 0 Å². The molecule has 7 heteroatoms. The molecular formula is C8H6F2N4O. The summed E-state index contributed by atoms with van der Waals surface area (Å²) in [5.74, 6) is -1.98. The number of rotatable bonds is 2. The summed E-state index contributed by atoms with van der Waals surface area (Å²) < 4.78 is 30.7. The number of halogens is 2. The molecule has 0 unspecified atom stereocenters. The van der Waals surface area contributed by atoms with Crippen LogP contribution in [0.5, 0.6) is 0 Å². The zero-order valence-electron chi connectivity index (χ0n) is 7.37. The number of aromatic nitrogens is 2. The van der Waals surface area contributed by atoms with Crippen molar-refractivity contribution >= 4 is 17.7 Å². The van der Waals surface area contributed by atoms with E-state index in [2.05, 4.69) is 15.5 Å². The van der Waals surface area contributed by atoms with Crippen molar-refractivity contribution in [2.75, 3.05) is 11.1 Å². The van der Waals surface area contributed by atoms with Crippen LogP contribution in [0.3, 0.4) is 0 Å². The number of nitrogens with one attached hydrogen (secondary N) is 1. The third-order valence-electron chi connectivity index (χ3n) is 1.63. The summed E-state index contributed by atoms with van der Waals surface area (Å²) in [7, 11) is 0. The molecule has 0 amide bonds. The van der Waals surface area contributed by atoms with Gasteiger partial charge >= 0.3 is 12.0 Å². The Labute approximate surface area is 82.9 Å². The molecule has 0 saturated heterocycles. The van der Waals surface area contributed by atoms with Crippen LogP contribution in [0, 0.1) is 11.6 Å². The number of hydrogen-bond acceptors (Lipinski definition) is 5. The van der Waals surface area contributed by atoms with Gasteiger partial charge in [0.05, 0.1) is 5.69 Å². The first-order valence-electron chi connectivity index (χ1n) is 3.97. The summed E-state index contributed by atoms with van der Waals surface area (Å²) in [5.41, 5.74) is 5.05. The van der Waals surface area contributed by atoms with Crippen LogP contribution in [0.2, 0.25) is 0 Å². The Balaban J connectivity index is 2.28. The van der Waals surface area contributed by atoms with Crippen molar-refractivity contribution in [3.63, 3.8) is 0 Å². The summed E-state index contributed by atoms with van der Waals surface area (Å²) in [6.07, 6.45) is 0. The lowest BCUT2D eigenvalue weighted by Crippen LogP contribution is -1.96. The highest BCUT2D eigenvalue weighted by Crippen LogP contribution is 2.20. The zero-order valence-corrected chi connectivity index (χ0v) is 7.37. The van der Waals surface area contributed by atoms with E-state index >= 15 is 0 Å². The lowest BCUT2D eigenvalue weighted by molar-refractivity contribution is 0.510. The lowest BCUT2D eigenvalue weighted by Gasteiger charge is -2.02. The van der Waals surface area contributed by atoms with Crippen molar-refractivity contribution in [2.45, 2.75) is 0 Å². The maximum absolute atomic E-state index is 13.1. The van der Waals surface area contributed by atoms with E-state index in [9.17, 15) is 8.78 Å². The molecular weight excluding hydrogens is 206 g/mol. The smallest absolute Gasteiger partial charge is 0.321 e. The molecule has 0 aliphatic heterocycles. The minimum absolute atomic E-state index is 0.0985. The van der Waals surface area contributed by atoms with Crippen molar-refractivity contribution < 1.29 is 13.2 Å². The van der Waals surface area contributed by atoms with E-state index in [1.165, 1.54) is 12.1 Å². The normalized spacial score (nSPS) is 10.3. The number of anilines is 3. The Bertz CT molecular complexity index is 485. The minimum atomic E-state index is -1.02. The Morgan fingerprint density at radius 3 is 2.73 bits per heavy atom. The van der Waals surface area contributed by atoms with Crippen LogP contribution in [-0.4, -0.2) is 10.2 Å². The third kappa shape index (κ3) is 1.85. The van der Waals surface area contributed by atoms with Gasteiger partial charge in [0.1, 0.15) is 0 Å². The molecule has 0 aliphatic rings. The Morgan fingerprint density at radius 2 is 2.07 bits per heavy atom. The van der Waals surface area contributed by atoms with Gasteiger partial charge in [-0.15, -0.1) is 0 Å². The second kappa shape index (κ2) is 3.52. The molecule has 0 radical (unpaired) electrons. The van der Waals surface area contributed by atoms with Crippen molar-refractivity contribution in [3.8, 4) is 0 Å². The van der Waals surface area contributed by atoms with Crippen LogP contribution in [-0.2, 0) is 0 Å². The van der Waals surface area contributed by atoms with Crippen molar-refractivity contribution in [2.24, 2.45) is 0 Å². The summed E-state index contributed by atoms with van der Waals surface area (Å²) in [6, 6.07) is 3.42. The number of hydrogen-bond donors (Lipinski definition) is 2. The summed E-state index contributed by atoms with van der Waals surface area (Å²) >= 11 is 0. The molecule has 1 aromatic carbocycles. The maximum Gasteiger partial charge on any atom is 0.321 e. The second-order valence-electron chi connectivity index (χ2n) is 2.67. The predicted octanol–water partition coefficient (Wildman–Crippen LogP) is 1.67.